The van der Waals surface area contributed by atoms with Crippen molar-refractivity contribution in [1.82, 2.24) is 9.88 Å². The number of benzene rings is 2. The quantitative estimate of drug-likeness (QED) is 0.766. The Hall–Kier alpha value is -3.28. The third kappa shape index (κ3) is 3.54. The molecular formula is C20H20N2O4. The van der Waals surface area contributed by atoms with Gasteiger partial charge in [-0.3, -0.25) is 9.59 Å². The molecule has 0 aliphatic carbocycles. The number of ether oxygens (including phenoxy) is 2. The van der Waals surface area contributed by atoms with Crippen LogP contribution in [0.15, 0.2) is 53.3 Å². The van der Waals surface area contributed by atoms with Gasteiger partial charge in [0.25, 0.3) is 11.5 Å². The number of nitrogens with one attached hydrogen (secondary N) is 1. The summed E-state index contributed by atoms with van der Waals surface area (Å²) in [7, 11) is 4.83. The Morgan fingerprint density at radius 3 is 2.31 bits per heavy atom. The van der Waals surface area contributed by atoms with Crippen LogP contribution in [0, 0.1) is 0 Å². The highest BCUT2D eigenvalue weighted by atomic mass is 16.5. The maximum Gasteiger partial charge on any atom is 0.253 e. The van der Waals surface area contributed by atoms with Gasteiger partial charge >= 0.3 is 0 Å². The second-order valence-electron chi connectivity index (χ2n) is 5.97. The first-order valence-electron chi connectivity index (χ1n) is 8.11. The highest BCUT2D eigenvalue weighted by molar-refractivity contribution is 5.94. The lowest BCUT2D eigenvalue weighted by atomic mass is 10.1. The molecule has 0 saturated heterocycles. The first kappa shape index (κ1) is 17.5. The molecule has 6 nitrogen and oxygen atoms in total. The highest BCUT2D eigenvalue weighted by Crippen LogP contribution is 2.19. The van der Waals surface area contributed by atoms with Gasteiger partial charge in [-0.2, -0.15) is 0 Å². The summed E-state index contributed by atoms with van der Waals surface area (Å²) in [6.45, 7) is 0.202. The summed E-state index contributed by atoms with van der Waals surface area (Å²) in [5, 5.41) is 0.851. The molecule has 26 heavy (non-hydrogen) atoms. The standard InChI is InChI=1S/C20H20N2O4/c1-22(20(24)13-4-6-16(25-2)7-5-13)12-15-10-14-11-17(26-3)8-9-18(14)21-19(15)23/h4-11H,12H2,1-3H3,(H,21,23). The Bertz CT molecular complexity index is 993. The molecule has 134 valence electrons. The number of rotatable bonds is 5. The highest BCUT2D eigenvalue weighted by Gasteiger charge is 2.14. The minimum absolute atomic E-state index is 0.169. The van der Waals surface area contributed by atoms with Crippen molar-refractivity contribution in [2.75, 3.05) is 21.3 Å². The minimum Gasteiger partial charge on any atom is -0.497 e. The van der Waals surface area contributed by atoms with E-state index in [1.807, 2.05) is 6.07 Å². The number of aromatic amines is 1. The second kappa shape index (κ2) is 7.31. The molecule has 0 unspecified atom stereocenters. The number of fused-ring (bicyclic) bond motifs is 1. The van der Waals surface area contributed by atoms with Crippen LogP contribution in [-0.2, 0) is 6.54 Å². The van der Waals surface area contributed by atoms with E-state index in [9.17, 15) is 9.59 Å². The zero-order valence-electron chi connectivity index (χ0n) is 14.9. The van der Waals surface area contributed by atoms with Gasteiger partial charge in [-0.15, -0.1) is 0 Å². The first-order valence-corrected chi connectivity index (χ1v) is 8.11. The zero-order chi connectivity index (χ0) is 18.7. The van der Waals surface area contributed by atoms with Crippen LogP contribution in [-0.4, -0.2) is 37.1 Å². The monoisotopic (exact) mass is 352 g/mol. The summed E-state index contributed by atoms with van der Waals surface area (Å²) in [6, 6.07) is 14.1. The number of hydrogen-bond acceptors (Lipinski definition) is 4. The predicted molar refractivity (Wildman–Crippen MR) is 99.9 cm³/mol. The molecule has 0 saturated carbocycles. The lowest BCUT2D eigenvalue weighted by molar-refractivity contribution is 0.0784. The summed E-state index contributed by atoms with van der Waals surface area (Å²) in [5.41, 5.74) is 1.56. The van der Waals surface area contributed by atoms with E-state index in [1.165, 1.54) is 4.90 Å². The van der Waals surface area contributed by atoms with Gasteiger partial charge in [-0.05, 0) is 48.5 Å². The SMILES string of the molecule is COc1ccc(C(=O)N(C)Cc2cc3cc(OC)ccc3[nH]c2=O)cc1. The molecule has 1 aromatic heterocycles. The number of amides is 1. The van der Waals surface area contributed by atoms with E-state index in [-0.39, 0.29) is 18.0 Å². The fourth-order valence-electron chi connectivity index (χ4n) is 2.76. The summed E-state index contributed by atoms with van der Waals surface area (Å²) in [4.78, 5) is 29.3. The molecule has 0 aliphatic rings. The van der Waals surface area contributed by atoms with Crippen LogP contribution in [0.1, 0.15) is 15.9 Å². The lowest BCUT2D eigenvalue weighted by Crippen LogP contribution is -2.29. The molecule has 0 spiro atoms. The number of nitrogens with zero attached hydrogens (tertiary/aromatic N) is 1. The van der Waals surface area contributed by atoms with Crippen LogP contribution >= 0.6 is 0 Å². The molecule has 0 fully saturated rings. The topological polar surface area (TPSA) is 71.6 Å². The molecule has 0 aliphatic heterocycles. The second-order valence-corrected chi connectivity index (χ2v) is 5.97. The van der Waals surface area contributed by atoms with Crippen molar-refractivity contribution in [3.63, 3.8) is 0 Å². The molecule has 0 radical (unpaired) electrons. The molecule has 0 atom stereocenters. The summed E-state index contributed by atoms with van der Waals surface area (Å²) in [5.74, 6) is 1.22. The van der Waals surface area contributed by atoms with E-state index in [1.54, 1.807) is 63.7 Å². The van der Waals surface area contributed by atoms with Gasteiger partial charge < -0.3 is 19.4 Å². The van der Waals surface area contributed by atoms with Crippen molar-refractivity contribution in [3.8, 4) is 11.5 Å². The van der Waals surface area contributed by atoms with Gasteiger partial charge in [-0.1, -0.05) is 0 Å². The van der Waals surface area contributed by atoms with Gasteiger partial charge in [0.2, 0.25) is 0 Å². The van der Waals surface area contributed by atoms with Crippen LogP contribution in [0.25, 0.3) is 10.9 Å². The van der Waals surface area contributed by atoms with Gasteiger partial charge in [0, 0.05) is 29.1 Å². The number of aromatic nitrogens is 1. The maximum atomic E-state index is 12.6. The summed E-state index contributed by atoms with van der Waals surface area (Å²) < 4.78 is 10.3. The number of carbonyl (C=O) groups is 1. The molecule has 3 aromatic rings. The van der Waals surface area contributed by atoms with Gasteiger partial charge in [0.15, 0.2) is 0 Å². The van der Waals surface area contributed by atoms with Crippen LogP contribution in [0.5, 0.6) is 11.5 Å². The van der Waals surface area contributed by atoms with E-state index in [4.69, 9.17) is 9.47 Å². The maximum absolute atomic E-state index is 12.6. The Labute approximate surface area is 151 Å². The Kier molecular flexibility index (Phi) is 4.93. The molecule has 6 heteroatoms. The van der Waals surface area contributed by atoms with Crippen molar-refractivity contribution in [3.05, 3.63) is 70.0 Å². The largest absolute Gasteiger partial charge is 0.497 e. The number of hydrogen-bond donors (Lipinski definition) is 1. The van der Waals surface area contributed by atoms with Gasteiger partial charge in [0.05, 0.1) is 20.8 Å². The lowest BCUT2D eigenvalue weighted by Gasteiger charge is -2.17. The van der Waals surface area contributed by atoms with E-state index in [0.29, 0.717) is 22.6 Å². The smallest absolute Gasteiger partial charge is 0.253 e. The van der Waals surface area contributed by atoms with Crippen molar-refractivity contribution >= 4 is 16.8 Å². The molecule has 0 bridgehead atoms. The predicted octanol–water partition coefficient (Wildman–Crippen LogP) is 2.82. The van der Waals surface area contributed by atoms with Gasteiger partial charge in [-0.25, -0.2) is 0 Å². The van der Waals surface area contributed by atoms with Crippen LogP contribution in [0.2, 0.25) is 0 Å². The summed E-state index contributed by atoms with van der Waals surface area (Å²) >= 11 is 0. The van der Waals surface area contributed by atoms with E-state index >= 15 is 0 Å². The number of H-pyrrole nitrogens is 1. The van der Waals surface area contributed by atoms with E-state index < -0.39 is 0 Å². The fourth-order valence-corrected chi connectivity index (χ4v) is 2.76. The number of methoxy groups -OCH3 is 2. The third-order valence-electron chi connectivity index (χ3n) is 4.22. The molecular weight excluding hydrogens is 332 g/mol. The Balaban J connectivity index is 1.85. The zero-order valence-corrected chi connectivity index (χ0v) is 14.9. The minimum atomic E-state index is -0.211. The molecule has 1 amide bonds. The average Bonchev–Trinajstić information content (AvgIpc) is 2.67. The van der Waals surface area contributed by atoms with Gasteiger partial charge in [0.1, 0.15) is 11.5 Å². The number of pyridine rings is 1. The fraction of sp³-hybridized carbons (Fsp3) is 0.200. The van der Waals surface area contributed by atoms with Crippen LogP contribution in [0.4, 0.5) is 0 Å². The first-order chi connectivity index (χ1) is 12.5. The molecule has 2 aromatic carbocycles. The molecule has 1 heterocycles. The van der Waals surface area contributed by atoms with Crippen molar-refractivity contribution < 1.29 is 14.3 Å². The van der Waals surface area contributed by atoms with Crippen LogP contribution < -0.4 is 15.0 Å². The molecule has 1 N–H and O–H groups in total. The van der Waals surface area contributed by atoms with Crippen molar-refractivity contribution in [2.45, 2.75) is 6.54 Å². The van der Waals surface area contributed by atoms with Crippen molar-refractivity contribution in [2.24, 2.45) is 0 Å². The van der Waals surface area contributed by atoms with E-state index in [0.717, 1.165) is 10.9 Å². The number of carbonyl (C=O) groups excluding carboxylic acids is 1. The average molecular weight is 352 g/mol. The van der Waals surface area contributed by atoms with Crippen molar-refractivity contribution in [1.29, 1.82) is 0 Å². The normalized spacial score (nSPS) is 10.6. The Morgan fingerprint density at radius 2 is 1.65 bits per heavy atom. The Morgan fingerprint density at radius 1 is 1.00 bits per heavy atom. The third-order valence-corrected chi connectivity index (χ3v) is 4.22. The van der Waals surface area contributed by atoms with Crippen LogP contribution in [0.3, 0.4) is 0 Å². The molecule has 3 rings (SSSR count). The summed E-state index contributed by atoms with van der Waals surface area (Å²) in [6.07, 6.45) is 0. The van der Waals surface area contributed by atoms with E-state index in [2.05, 4.69) is 4.98 Å².